The SMILES string of the molecule is CC[C@@H]1/C=C(\C)C[C@H](C)C[C@H](OC)[C@H]2O[C@@](O)(C(=O)C(=O)N3CCCCC3C(=O)OC([C@@H]3CC[C@H](Cl)[C@H](OC)C3)/C(C)=C/[C@H](C)/C=C/C1=O)[C@H](C)C[C@@H]2OC. The van der Waals surface area contributed by atoms with Gasteiger partial charge in [-0.25, -0.2) is 4.79 Å². The second-order valence-electron chi connectivity index (χ2n) is 16.6. The molecule has 13 atom stereocenters. The van der Waals surface area contributed by atoms with Crippen molar-refractivity contribution in [2.75, 3.05) is 27.9 Å². The van der Waals surface area contributed by atoms with Gasteiger partial charge in [-0.2, -0.15) is 0 Å². The summed E-state index contributed by atoms with van der Waals surface area (Å²) in [6, 6.07) is -1.03. The van der Waals surface area contributed by atoms with Crippen molar-refractivity contribution in [2.45, 2.75) is 153 Å². The molecule has 310 valence electrons. The van der Waals surface area contributed by atoms with Gasteiger partial charge in [0.1, 0.15) is 18.2 Å². The Morgan fingerprint density at radius 2 is 1.58 bits per heavy atom. The highest BCUT2D eigenvalue weighted by Gasteiger charge is 2.56. The minimum atomic E-state index is -2.47. The van der Waals surface area contributed by atoms with E-state index in [4.69, 9.17) is 35.3 Å². The third-order valence-electron chi connectivity index (χ3n) is 12.3. The zero-order chi connectivity index (χ0) is 40.6. The van der Waals surface area contributed by atoms with Crippen LogP contribution in [0.4, 0.5) is 0 Å². The predicted octanol–water partition coefficient (Wildman–Crippen LogP) is 6.52. The monoisotopic (exact) mass is 791 g/mol. The number of carbonyl (C=O) groups is 4. The Kier molecular flexibility index (Phi) is 16.7. The highest BCUT2D eigenvalue weighted by Crippen LogP contribution is 2.40. The predicted molar refractivity (Wildman–Crippen MR) is 210 cm³/mol. The number of fused-ring (bicyclic) bond motifs is 3. The lowest BCUT2D eigenvalue weighted by atomic mass is 9.80. The van der Waals surface area contributed by atoms with Gasteiger partial charge in [0.2, 0.25) is 5.79 Å². The molecule has 2 bridgehead atoms. The van der Waals surface area contributed by atoms with E-state index in [2.05, 4.69) is 6.92 Å². The smallest absolute Gasteiger partial charge is 0.329 e. The summed E-state index contributed by atoms with van der Waals surface area (Å²) in [5, 5.41) is 11.9. The molecular formula is C43H66ClNO10. The van der Waals surface area contributed by atoms with Crippen molar-refractivity contribution < 1.29 is 48.0 Å². The zero-order valence-electron chi connectivity index (χ0n) is 34.5. The molecule has 1 amide bonds. The molecule has 55 heavy (non-hydrogen) atoms. The number of nitrogens with zero attached hydrogens (tertiary/aromatic N) is 1. The summed E-state index contributed by atoms with van der Waals surface area (Å²) in [7, 11) is 4.73. The average Bonchev–Trinajstić information content (AvgIpc) is 3.17. The molecule has 4 aliphatic rings. The van der Waals surface area contributed by atoms with E-state index in [0.29, 0.717) is 57.8 Å². The number of hydrogen-bond acceptors (Lipinski definition) is 10. The molecule has 3 aliphatic heterocycles. The maximum absolute atomic E-state index is 14.3. The maximum atomic E-state index is 14.3. The summed E-state index contributed by atoms with van der Waals surface area (Å²) in [4.78, 5) is 57.5. The Bertz CT molecular complexity index is 1450. The summed E-state index contributed by atoms with van der Waals surface area (Å²) in [6.07, 6.45) is 10.3. The summed E-state index contributed by atoms with van der Waals surface area (Å²) >= 11 is 6.61. The average molecular weight is 792 g/mol. The normalized spacial score (nSPS) is 42.0. The van der Waals surface area contributed by atoms with Crippen LogP contribution in [0.2, 0.25) is 0 Å². The summed E-state index contributed by atoms with van der Waals surface area (Å²) in [6.45, 7) is 11.8. The van der Waals surface area contributed by atoms with Crippen molar-refractivity contribution in [2.24, 2.45) is 29.6 Å². The van der Waals surface area contributed by atoms with Crippen LogP contribution in [0.5, 0.6) is 0 Å². The Morgan fingerprint density at radius 1 is 0.909 bits per heavy atom. The van der Waals surface area contributed by atoms with E-state index in [-0.39, 0.29) is 53.9 Å². The third-order valence-corrected chi connectivity index (χ3v) is 12.8. The van der Waals surface area contributed by atoms with Gasteiger partial charge in [0.15, 0.2) is 5.78 Å². The fraction of sp³-hybridized carbons (Fsp3) is 0.767. The number of hydrogen-bond donors (Lipinski definition) is 1. The molecule has 12 heteroatoms. The molecule has 4 rings (SSSR count). The van der Waals surface area contributed by atoms with Gasteiger partial charge >= 0.3 is 5.97 Å². The number of Topliss-reactive ketones (excluding diaryl/α,β-unsaturated/α-hetero) is 1. The number of halogens is 1. The first-order chi connectivity index (χ1) is 26.1. The van der Waals surface area contributed by atoms with Crippen molar-refractivity contribution in [1.29, 1.82) is 0 Å². The van der Waals surface area contributed by atoms with Gasteiger partial charge < -0.3 is 33.7 Å². The molecule has 1 saturated carbocycles. The maximum Gasteiger partial charge on any atom is 0.329 e. The molecular weight excluding hydrogens is 726 g/mol. The van der Waals surface area contributed by atoms with Gasteiger partial charge in [-0.3, -0.25) is 14.4 Å². The number of piperidine rings is 1. The summed E-state index contributed by atoms with van der Waals surface area (Å²) in [5.41, 5.74) is 1.88. The highest BCUT2D eigenvalue weighted by molar-refractivity contribution is 6.39. The second-order valence-corrected chi connectivity index (χ2v) is 17.2. The Morgan fingerprint density at radius 3 is 2.24 bits per heavy atom. The number of methoxy groups -OCH3 is 3. The van der Waals surface area contributed by atoms with E-state index in [1.54, 1.807) is 34.3 Å². The number of alkyl halides is 1. The largest absolute Gasteiger partial charge is 0.456 e. The molecule has 2 saturated heterocycles. The van der Waals surface area contributed by atoms with Gasteiger partial charge in [0, 0.05) is 45.6 Å². The van der Waals surface area contributed by atoms with Crippen LogP contribution in [0.1, 0.15) is 106 Å². The van der Waals surface area contributed by atoms with Gasteiger partial charge in [0.05, 0.1) is 23.7 Å². The van der Waals surface area contributed by atoms with Crippen LogP contribution in [0, 0.1) is 29.6 Å². The second kappa shape index (κ2) is 20.3. The molecule has 2 unspecified atom stereocenters. The minimum absolute atomic E-state index is 0.0191. The first kappa shape index (κ1) is 45.3. The number of aliphatic hydroxyl groups is 1. The van der Waals surface area contributed by atoms with Gasteiger partial charge in [-0.15, -0.1) is 11.6 Å². The summed E-state index contributed by atoms with van der Waals surface area (Å²) in [5.74, 6) is -6.42. The van der Waals surface area contributed by atoms with Crippen LogP contribution in [0.25, 0.3) is 0 Å². The third kappa shape index (κ3) is 11.0. The van der Waals surface area contributed by atoms with Crippen LogP contribution in [-0.2, 0) is 42.9 Å². The van der Waals surface area contributed by atoms with Crippen LogP contribution >= 0.6 is 11.6 Å². The molecule has 11 nitrogen and oxygen atoms in total. The molecule has 0 spiro atoms. The Labute approximate surface area is 333 Å². The fourth-order valence-corrected chi connectivity index (χ4v) is 9.45. The van der Waals surface area contributed by atoms with Crippen molar-refractivity contribution in [3.63, 3.8) is 0 Å². The molecule has 0 aromatic rings. The lowest BCUT2D eigenvalue weighted by Gasteiger charge is -2.47. The Balaban J connectivity index is 1.77. The number of ether oxygens (including phenoxy) is 5. The molecule has 1 aliphatic carbocycles. The quantitative estimate of drug-likeness (QED) is 0.142. The van der Waals surface area contributed by atoms with Gasteiger partial charge in [-0.1, -0.05) is 51.5 Å². The van der Waals surface area contributed by atoms with E-state index in [1.807, 2.05) is 45.9 Å². The highest BCUT2D eigenvalue weighted by atomic mass is 35.5. The fourth-order valence-electron chi connectivity index (χ4n) is 9.12. The van der Waals surface area contributed by atoms with Crippen molar-refractivity contribution >= 4 is 35.0 Å². The topological polar surface area (TPSA) is 138 Å². The molecule has 3 heterocycles. The molecule has 3 fully saturated rings. The number of esters is 1. The van der Waals surface area contributed by atoms with Crippen LogP contribution in [-0.4, -0.2) is 109 Å². The van der Waals surface area contributed by atoms with E-state index < -0.39 is 59.8 Å². The van der Waals surface area contributed by atoms with Crippen molar-refractivity contribution in [3.05, 3.63) is 35.5 Å². The van der Waals surface area contributed by atoms with E-state index in [1.165, 1.54) is 4.90 Å². The number of amides is 1. The van der Waals surface area contributed by atoms with Gasteiger partial charge in [0.25, 0.3) is 11.7 Å². The summed E-state index contributed by atoms with van der Waals surface area (Å²) < 4.78 is 30.1. The number of ketones is 2. The van der Waals surface area contributed by atoms with E-state index in [0.717, 1.165) is 11.1 Å². The molecule has 0 aromatic carbocycles. The lowest BCUT2D eigenvalue weighted by molar-refractivity contribution is -0.302. The first-order valence-corrected chi connectivity index (χ1v) is 20.8. The molecule has 0 radical (unpaired) electrons. The standard InChI is InChI=1S/C43H66ClNO10/c1-10-30-21-26(3)19-27(4)22-36(52-8)39-37(53-9)23-29(6)43(50,55-39)40(47)41(48)45-18-12-11-13-33(45)42(49)54-38(28(5)20-25(2)14-17-34(30)46)31-15-16-32(44)35(24-31)51-7/h14,17,20-21,25,27,29-33,35-39,50H,10-13,15-16,18-19,22-24H2,1-9H3/b17-14+,26-21+,28-20+/t25-,27+,29-,30-,31-,32+,33?,35-,36+,37+,38?,39-,43-/m1/s1. The molecule has 0 aromatic heterocycles. The minimum Gasteiger partial charge on any atom is -0.456 e. The Hall–Kier alpha value is -2.41. The van der Waals surface area contributed by atoms with E-state index >= 15 is 0 Å². The van der Waals surface area contributed by atoms with Crippen molar-refractivity contribution in [3.8, 4) is 0 Å². The first-order valence-electron chi connectivity index (χ1n) is 20.3. The number of cyclic esters (lactones) is 1. The van der Waals surface area contributed by atoms with Crippen LogP contribution in [0.15, 0.2) is 35.5 Å². The van der Waals surface area contributed by atoms with E-state index in [9.17, 15) is 24.3 Å². The lowest BCUT2D eigenvalue weighted by Crippen LogP contribution is -2.64. The van der Waals surface area contributed by atoms with Gasteiger partial charge in [-0.05, 0) is 102 Å². The van der Waals surface area contributed by atoms with Crippen LogP contribution < -0.4 is 0 Å². The number of rotatable bonds is 5. The van der Waals surface area contributed by atoms with Crippen molar-refractivity contribution in [1.82, 2.24) is 4.90 Å². The van der Waals surface area contributed by atoms with Crippen LogP contribution in [0.3, 0.4) is 0 Å². The zero-order valence-corrected chi connectivity index (χ0v) is 35.2. The molecule has 1 N–H and O–H groups in total. The number of allylic oxidation sites excluding steroid dienone is 5. The number of carbonyl (C=O) groups excluding carboxylic acids is 4.